The molecule has 0 saturated heterocycles. The molecule has 5 rings (SSSR count). The summed E-state index contributed by atoms with van der Waals surface area (Å²) in [7, 11) is 0. The van der Waals surface area contributed by atoms with Gasteiger partial charge in [0.15, 0.2) is 0 Å². The minimum Gasteiger partial charge on any atom is -0.385 e. The highest BCUT2D eigenvalue weighted by Crippen LogP contribution is 2.43. The standard InChI is InChI=1S/C27H28N2O/c30-27(15-7-12-22(19-27)26-28-16-17-29-26)23-13-14-24(20-8-3-1-4-9-20)25(18-23)21-10-5-2-6-11-21/h1-6,8-11,13-14,18,22,30H,7,12,15-17,19H2,(H,28,29)/t22?,27-/m1/s1. The second kappa shape index (κ2) is 8.08. The summed E-state index contributed by atoms with van der Waals surface area (Å²) in [5.41, 5.74) is 4.95. The van der Waals surface area contributed by atoms with E-state index < -0.39 is 5.60 Å². The Morgan fingerprint density at radius 3 is 2.23 bits per heavy atom. The van der Waals surface area contributed by atoms with Crippen molar-refractivity contribution in [2.24, 2.45) is 10.9 Å². The van der Waals surface area contributed by atoms with Gasteiger partial charge in [0.25, 0.3) is 0 Å². The number of amidine groups is 1. The Morgan fingerprint density at radius 2 is 1.57 bits per heavy atom. The van der Waals surface area contributed by atoms with E-state index in [1.807, 2.05) is 12.1 Å². The van der Waals surface area contributed by atoms with Crippen molar-refractivity contribution in [2.45, 2.75) is 31.3 Å². The number of hydrogen-bond donors (Lipinski definition) is 2. The van der Waals surface area contributed by atoms with Crippen LogP contribution >= 0.6 is 0 Å². The molecule has 30 heavy (non-hydrogen) atoms. The molecule has 1 aliphatic carbocycles. The molecule has 152 valence electrons. The molecule has 1 saturated carbocycles. The smallest absolute Gasteiger partial charge is 0.0997 e. The maximum absolute atomic E-state index is 11.7. The maximum atomic E-state index is 11.7. The van der Waals surface area contributed by atoms with Gasteiger partial charge >= 0.3 is 0 Å². The van der Waals surface area contributed by atoms with E-state index in [0.29, 0.717) is 5.92 Å². The van der Waals surface area contributed by atoms with Gasteiger partial charge in [-0.05, 0) is 59.6 Å². The molecule has 1 aliphatic heterocycles. The number of aliphatic imine (C=N–C) groups is 1. The second-order valence-electron chi connectivity index (χ2n) is 8.51. The zero-order valence-corrected chi connectivity index (χ0v) is 17.2. The summed E-state index contributed by atoms with van der Waals surface area (Å²) in [5, 5.41) is 15.1. The lowest BCUT2D eigenvalue weighted by molar-refractivity contribution is -0.0107. The first kappa shape index (κ1) is 19.1. The van der Waals surface area contributed by atoms with Gasteiger partial charge in [-0.1, -0.05) is 72.8 Å². The topological polar surface area (TPSA) is 44.6 Å². The van der Waals surface area contributed by atoms with Crippen molar-refractivity contribution in [3.05, 3.63) is 84.4 Å². The van der Waals surface area contributed by atoms with E-state index in [2.05, 4.69) is 77.0 Å². The largest absolute Gasteiger partial charge is 0.385 e. The van der Waals surface area contributed by atoms with Crippen LogP contribution in [0.3, 0.4) is 0 Å². The lowest BCUT2D eigenvalue weighted by Crippen LogP contribution is -2.38. The monoisotopic (exact) mass is 396 g/mol. The fourth-order valence-electron chi connectivity index (χ4n) is 5.00. The Kier molecular flexibility index (Phi) is 5.14. The molecule has 0 aromatic heterocycles. The fraction of sp³-hybridized carbons (Fsp3) is 0.296. The molecule has 2 N–H and O–H groups in total. The van der Waals surface area contributed by atoms with E-state index in [9.17, 15) is 5.11 Å². The lowest BCUT2D eigenvalue weighted by Gasteiger charge is -2.37. The molecule has 3 aromatic carbocycles. The van der Waals surface area contributed by atoms with Crippen molar-refractivity contribution in [2.75, 3.05) is 13.1 Å². The van der Waals surface area contributed by atoms with Crippen molar-refractivity contribution < 1.29 is 5.11 Å². The SMILES string of the molecule is O[C@]1(c2ccc(-c3ccccc3)c(-c3ccccc3)c2)CCCC(C2=NCCN2)C1. The van der Waals surface area contributed by atoms with Crippen LogP contribution in [0.25, 0.3) is 22.3 Å². The molecular weight excluding hydrogens is 368 g/mol. The van der Waals surface area contributed by atoms with Crippen LogP contribution in [0.4, 0.5) is 0 Å². The van der Waals surface area contributed by atoms with Gasteiger partial charge in [0, 0.05) is 12.5 Å². The number of nitrogens with zero attached hydrogens (tertiary/aromatic N) is 1. The van der Waals surface area contributed by atoms with Gasteiger partial charge in [0.1, 0.15) is 0 Å². The van der Waals surface area contributed by atoms with Gasteiger partial charge in [-0.25, -0.2) is 0 Å². The third-order valence-corrected chi connectivity index (χ3v) is 6.54. The number of hydrogen-bond acceptors (Lipinski definition) is 3. The molecule has 2 aliphatic rings. The summed E-state index contributed by atoms with van der Waals surface area (Å²) in [4.78, 5) is 4.63. The average Bonchev–Trinajstić information content (AvgIpc) is 3.35. The van der Waals surface area contributed by atoms with Crippen LogP contribution in [-0.2, 0) is 5.60 Å². The van der Waals surface area contributed by atoms with Crippen molar-refractivity contribution in [3.63, 3.8) is 0 Å². The Hall–Kier alpha value is -2.91. The van der Waals surface area contributed by atoms with E-state index in [0.717, 1.165) is 50.2 Å². The fourth-order valence-corrected chi connectivity index (χ4v) is 5.00. The van der Waals surface area contributed by atoms with Crippen molar-refractivity contribution in [1.29, 1.82) is 0 Å². The Balaban J connectivity index is 1.56. The van der Waals surface area contributed by atoms with Crippen LogP contribution in [0.2, 0.25) is 0 Å². The molecule has 1 fully saturated rings. The van der Waals surface area contributed by atoms with Crippen LogP contribution in [0.15, 0.2) is 83.9 Å². The first-order valence-electron chi connectivity index (χ1n) is 11.0. The summed E-state index contributed by atoms with van der Waals surface area (Å²) < 4.78 is 0. The van der Waals surface area contributed by atoms with Gasteiger partial charge in [0.2, 0.25) is 0 Å². The third kappa shape index (κ3) is 3.66. The molecule has 0 spiro atoms. The van der Waals surface area contributed by atoms with E-state index in [1.54, 1.807) is 0 Å². The van der Waals surface area contributed by atoms with Crippen LogP contribution in [0.1, 0.15) is 31.2 Å². The van der Waals surface area contributed by atoms with Gasteiger partial charge < -0.3 is 10.4 Å². The molecule has 3 heteroatoms. The molecule has 3 nitrogen and oxygen atoms in total. The molecule has 0 bridgehead atoms. The van der Waals surface area contributed by atoms with E-state index in [1.165, 1.54) is 22.3 Å². The summed E-state index contributed by atoms with van der Waals surface area (Å²) >= 11 is 0. The molecule has 1 heterocycles. The average molecular weight is 397 g/mol. The zero-order chi connectivity index (χ0) is 20.4. The Morgan fingerprint density at radius 1 is 0.867 bits per heavy atom. The van der Waals surface area contributed by atoms with Crippen molar-refractivity contribution >= 4 is 5.84 Å². The summed E-state index contributed by atoms with van der Waals surface area (Å²) in [5.74, 6) is 1.41. The molecule has 1 unspecified atom stereocenters. The first-order chi connectivity index (χ1) is 14.7. The summed E-state index contributed by atoms with van der Waals surface area (Å²) in [6.45, 7) is 1.78. The van der Waals surface area contributed by atoms with Gasteiger partial charge in [-0.2, -0.15) is 0 Å². The third-order valence-electron chi connectivity index (χ3n) is 6.54. The molecule has 0 radical (unpaired) electrons. The normalized spacial score (nSPS) is 23.6. The van der Waals surface area contributed by atoms with Crippen molar-refractivity contribution in [3.8, 4) is 22.3 Å². The maximum Gasteiger partial charge on any atom is 0.0997 e. The van der Waals surface area contributed by atoms with Gasteiger partial charge in [-0.15, -0.1) is 0 Å². The minimum absolute atomic E-state index is 0.320. The lowest BCUT2D eigenvalue weighted by atomic mass is 9.73. The van der Waals surface area contributed by atoms with Crippen LogP contribution in [-0.4, -0.2) is 24.0 Å². The highest BCUT2D eigenvalue weighted by Gasteiger charge is 2.38. The predicted molar refractivity (Wildman–Crippen MR) is 123 cm³/mol. The number of aliphatic hydroxyl groups is 1. The Labute approximate surface area is 178 Å². The first-order valence-corrected chi connectivity index (χ1v) is 11.0. The summed E-state index contributed by atoms with van der Waals surface area (Å²) in [6, 6.07) is 27.5. The molecular formula is C27H28N2O. The highest BCUT2D eigenvalue weighted by molar-refractivity contribution is 5.86. The molecule has 0 amide bonds. The van der Waals surface area contributed by atoms with Crippen LogP contribution < -0.4 is 5.32 Å². The van der Waals surface area contributed by atoms with E-state index in [-0.39, 0.29) is 0 Å². The molecule has 2 atom stereocenters. The number of nitrogens with one attached hydrogen (secondary N) is 1. The van der Waals surface area contributed by atoms with Gasteiger partial charge in [0.05, 0.1) is 18.0 Å². The second-order valence-corrected chi connectivity index (χ2v) is 8.51. The number of benzene rings is 3. The highest BCUT2D eigenvalue weighted by atomic mass is 16.3. The van der Waals surface area contributed by atoms with Crippen molar-refractivity contribution in [1.82, 2.24) is 5.32 Å². The van der Waals surface area contributed by atoms with E-state index >= 15 is 0 Å². The predicted octanol–water partition coefficient (Wildman–Crippen LogP) is 5.40. The quantitative estimate of drug-likeness (QED) is 0.620. The Bertz CT molecular complexity index is 1040. The number of rotatable bonds is 4. The van der Waals surface area contributed by atoms with Crippen LogP contribution in [0.5, 0.6) is 0 Å². The molecule has 3 aromatic rings. The summed E-state index contributed by atoms with van der Waals surface area (Å²) in [6.07, 6.45) is 3.65. The zero-order valence-electron chi connectivity index (χ0n) is 17.2. The van der Waals surface area contributed by atoms with E-state index in [4.69, 9.17) is 0 Å². The minimum atomic E-state index is -0.811. The van der Waals surface area contributed by atoms with Gasteiger partial charge in [-0.3, -0.25) is 4.99 Å². The van der Waals surface area contributed by atoms with Crippen LogP contribution in [0, 0.1) is 5.92 Å².